The summed E-state index contributed by atoms with van der Waals surface area (Å²) in [6.07, 6.45) is 3.87. The second-order valence-electron chi connectivity index (χ2n) is 5.93. The molecule has 8 heteroatoms. The van der Waals surface area contributed by atoms with Crippen LogP contribution in [-0.4, -0.2) is 20.4 Å². The normalized spacial score (nSPS) is 10.6. The summed E-state index contributed by atoms with van der Waals surface area (Å²) >= 11 is 1.30. The van der Waals surface area contributed by atoms with Gasteiger partial charge in [-0.05, 0) is 48.5 Å². The highest BCUT2D eigenvalue weighted by molar-refractivity contribution is 7.14. The van der Waals surface area contributed by atoms with Gasteiger partial charge in [0.25, 0.3) is 11.6 Å². The topological polar surface area (TPSA) is 90.1 Å². The average Bonchev–Trinajstić information content (AvgIpc) is 3.40. The molecule has 0 radical (unpaired) electrons. The van der Waals surface area contributed by atoms with Crippen molar-refractivity contribution in [3.8, 4) is 16.9 Å². The standard InChI is InChI=1S/C20H14N4O3S/c25-19(15-5-7-16(8-6-15)23-11-1-2-12-23)22-20-21-18(13-28-20)14-3-9-17(10-4-14)24(26)27/h1-13H,(H,21,22,25). The van der Waals surface area contributed by atoms with E-state index in [0.717, 1.165) is 11.3 Å². The number of anilines is 1. The first kappa shape index (κ1) is 17.6. The molecule has 7 nitrogen and oxygen atoms in total. The predicted molar refractivity (Wildman–Crippen MR) is 108 cm³/mol. The Morgan fingerprint density at radius 2 is 1.71 bits per heavy atom. The first-order valence-corrected chi connectivity index (χ1v) is 9.23. The van der Waals surface area contributed by atoms with Gasteiger partial charge in [-0.15, -0.1) is 11.3 Å². The monoisotopic (exact) mass is 390 g/mol. The summed E-state index contributed by atoms with van der Waals surface area (Å²) < 4.78 is 1.96. The van der Waals surface area contributed by atoms with Crippen LogP contribution in [0, 0.1) is 10.1 Å². The smallest absolute Gasteiger partial charge is 0.269 e. The fourth-order valence-corrected chi connectivity index (χ4v) is 3.39. The Kier molecular flexibility index (Phi) is 4.69. The molecule has 0 aliphatic heterocycles. The van der Waals surface area contributed by atoms with Crippen LogP contribution in [0.1, 0.15) is 10.4 Å². The van der Waals surface area contributed by atoms with Crippen LogP contribution in [-0.2, 0) is 0 Å². The molecule has 1 N–H and O–H groups in total. The summed E-state index contributed by atoms with van der Waals surface area (Å²) in [5, 5.41) is 15.8. The predicted octanol–water partition coefficient (Wildman–Crippen LogP) is 4.76. The maximum absolute atomic E-state index is 12.5. The Balaban J connectivity index is 1.46. The molecule has 1 amide bonds. The Hall–Kier alpha value is -3.78. The lowest BCUT2D eigenvalue weighted by Gasteiger charge is -2.05. The molecule has 2 heterocycles. The van der Waals surface area contributed by atoms with E-state index < -0.39 is 4.92 Å². The number of carbonyl (C=O) groups excluding carboxylic acids is 1. The van der Waals surface area contributed by atoms with Gasteiger partial charge in [0.05, 0.1) is 10.6 Å². The van der Waals surface area contributed by atoms with Gasteiger partial charge in [-0.2, -0.15) is 0 Å². The zero-order valence-corrected chi connectivity index (χ0v) is 15.3. The highest BCUT2D eigenvalue weighted by Crippen LogP contribution is 2.26. The fraction of sp³-hybridized carbons (Fsp3) is 0. The number of thiazole rings is 1. The molecule has 28 heavy (non-hydrogen) atoms. The fourth-order valence-electron chi connectivity index (χ4n) is 2.68. The van der Waals surface area contributed by atoms with Crippen molar-refractivity contribution in [1.82, 2.24) is 9.55 Å². The number of aromatic nitrogens is 2. The molecule has 2 aromatic carbocycles. The second-order valence-corrected chi connectivity index (χ2v) is 6.79. The van der Waals surface area contributed by atoms with Gasteiger partial charge in [0.1, 0.15) is 0 Å². The second kappa shape index (κ2) is 7.45. The molecule has 0 saturated heterocycles. The van der Waals surface area contributed by atoms with Crippen LogP contribution in [0.15, 0.2) is 78.4 Å². The minimum atomic E-state index is -0.446. The van der Waals surface area contributed by atoms with Gasteiger partial charge in [-0.3, -0.25) is 20.2 Å². The Morgan fingerprint density at radius 1 is 1.04 bits per heavy atom. The number of nitrogens with zero attached hydrogens (tertiary/aromatic N) is 3. The van der Waals surface area contributed by atoms with Crippen molar-refractivity contribution >= 4 is 28.1 Å². The maximum atomic E-state index is 12.5. The molecule has 2 aromatic heterocycles. The minimum absolute atomic E-state index is 0.0239. The number of rotatable bonds is 5. The summed E-state index contributed by atoms with van der Waals surface area (Å²) in [5.74, 6) is -0.247. The lowest BCUT2D eigenvalue weighted by atomic mass is 10.1. The Labute approximate surface area is 164 Å². The lowest BCUT2D eigenvalue weighted by molar-refractivity contribution is -0.384. The van der Waals surface area contributed by atoms with E-state index in [0.29, 0.717) is 16.4 Å². The van der Waals surface area contributed by atoms with E-state index in [1.165, 1.54) is 23.5 Å². The van der Waals surface area contributed by atoms with Gasteiger partial charge in [0.15, 0.2) is 5.13 Å². The third kappa shape index (κ3) is 3.67. The van der Waals surface area contributed by atoms with Crippen molar-refractivity contribution in [1.29, 1.82) is 0 Å². The molecule has 138 valence electrons. The van der Waals surface area contributed by atoms with Crippen molar-refractivity contribution in [3.05, 3.63) is 94.1 Å². The van der Waals surface area contributed by atoms with Crippen molar-refractivity contribution in [2.45, 2.75) is 0 Å². The quantitative estimate of drug-likeness (QED) is 0.393. The van der Waals surface area contributed by atoms with E-state index in [2.05, 4.69) is 10.3 Å². The number of nitro groups is 1. The number of hydrogen-bond donors (Lipinski definition) is 1. The zero-order valence-electron chi connectivity index (χ0n) is 14.5. The van der Waals surface area contributed by atoms with E-state index in [4.69, 9.17) is 0 Å². The number of benzene rings is 2. The van der Waals surface area contributed by atoms with Crippen molar-refractivity contribution in [3.63, 3.8) is 0 Å². The van der Waals surface area contributed by atoms with E-state index in [1.807, 2.05) is 41.2 Å². The highest BCUT2D eigenvalue weighted by atomic mass is 32.1. The molecule has 4 aromatic rings. The van der Waals surface area contributed by atoms with E-state index >= 15 is 0 Å². The number of amides is 1. The van der Waals surface area contributed by atoms with Crippen LogP contribution < -0.4 is 5.32 Å². The lowest BCUT2D eigenvalue weighted by Crippen LogP contribution is -2.11. The first-order chi connectivity index (χ1) is 13.6. The number of non-ortho nitro benzene ring substituents is 1. The zero-order chi connectivity index (χ0) is 19.5. The molecule has 0 aliphatic rings. The third-order valence-electron chi connectivity index (χ3n) is 4.13. The van der Waals surface area contributed by atoms with Gasteiger partial charge < -0.3 is 4.57 Å². The van der Waals surface area contributed by atoms with Gasteiger partial charge in [-0.1, -0.05) is 0 Å². The molecule has 0 aliphatic carbocycles. The molecule has 0 unspecified atom stereocenters. The van der Waals surface area contributed by atoms with Gasteiger partial charge >= 0.3 is 0 Å². The van der Waals surface area contributed by atoms with E-state index in [1.54, 1.807) is 29.6 Å². The van der Waals surface area contributed by atoms with E-state index in [-0.39, 0.29) is 11.6 Å². The molecule has 0 bridgehead atoms. The molecular weight excluding hydrogens is 376 g/mol. The van der Waals surface area contributed by atoms with Crippen molar-refractivity contribution in [2.75, 3.05) is 5.32 Å². The van der Waals surface area contributed by atoms with Crippen molar-refractivity contribution < 1.29 is 9.72 Å². The molecule has 4 rings (SSSR count). The first-order valence-electron chi connectivity index (χ1n) is 8.35. The number of nitrogens with one attached hydrogen (secondary N) is 1. The minimum Gasteiger partial charge on any atom is -0.324 e. The Bertz CT molecular complexity index is 1120. The highest BCUT2D eigenvalue weighted by Gasteiger charge is 2.11. The van der Waals surface area contributed by atoms with Gasteiger partial charge in [0, 0.05) is 46.7 Å². The summed E-state index contributed by atoms with van der Waals surface area (Å²) in [6.45, 7) is 0. The number of hydrogen-bond acceptors (Lipinski definition) is 5. The van der Waals surface area contributed by atoms with Crippen LogP contribution in [0.5, 0.6) is 0 Å². The molecule has 0 saturated carbocycles. The van der Waals surface area contributed by atoms with Crippen LogP contribution in [0.2, 0.25) is 0 Å². The van der Waals surface area contributed by atoms with E-state index in [9.17, 15) is 14.9 Å². The van der Waals surface area contributed by atoms with Crippen LogP contribution >= 0.6 is 11.3 Å². The molecule has 0 atom stereocenters. The largest absolute Gasteiger partial charge is 0.324 e. The summed E-state index contributed by atoms with van der Waals surface area (Å²) in [4.78, 5) is 27.1. The van der Waals surface area contributed by atoms with Crippen LogP contribution in [0.4, 0.5) is 10.8 Å². The summed E-state index contributed by atoms with van der Waals surface area (Å²) in [6, 6.07) is 17.3. The third-order valence-corrected chi connectivity index (χ3v) is 4.89. The molecule has 0 spiro atoms. The molecular formula is C20H14N4O3S. The number of nitro benzene ring substituents is 1. The van der Waals surface area contributed by atoms with Crippen LogP contribution in [0.25, 0.3) is 16.9 Å². The SMILES string of the molecule is O=C(Nc1nc(-c2ccc([N+](=O)[O-])cc2)cs1)c1ccc(-n2cccc2)cc1. The average molecular weight is 390 g/mol. The number of carbonyl (C=O) groups is 1. The van der Waals surface area contributed by atoms with Crippen molar-refractivity contribution in [2.24, 2.45) is 0 Å². The summed E-state index contributed by atoms with van der Waals surface area (Å²) in [7, 11) is 0. The summed E-state index contributed by atoms with van der Waals surface area (Å²) in [5.41, 5.74) is 2.92. The molecule has 0 fully saturated rings. The van der Waals surface area contributed by atoms with Crippen LogP contribution in [0.3, 0.4) is 0 Å². The maximum Gasteiger partial charge on any atom is 0.269 e. The van der Waals surface area contributed by atoms with Gasteiger partial charge in [-0.25, -0.2) is 4.98 Å². The Morgan fingerprint density at radius 3 is 2.36 bits per heavy atom. The van der Waals surface area contributed by atoms with Gasteiger partial charge in [0.2, 0.25) is 0 Å².